The van der Waals surface area contributed by atoms with E-state index in [1.54, 1.807) is 41.3 Å². The highest BCUT2D eigenvalue weighted by molar-refractivity contribution is 5.99. The number of nitrogens with zero attached hydrogens (tertiary/aromatic N) is 3. The summed E-state index contributed by atoms with van der Waals surface area (Å²) in [6, 6.07) is 27.6. The van der Waals surface area contributed by atoms with E-state index in [1.807, 2.05) is 55.5 Å². The molecule has 4 aromatic carbocycles. The molecule has 0 spiro atoms. The number of rotatable bonds is 9. The number of urea groups is 1. The molecule has 0 aliphatic carbocycles. The van der Waals surface area contributed by atoms with E-state index in [-0.39, 0.29) is 36.8 Å². The van der Waals surface area contributed by atoms with Crippen LogP contribution in [-0.2, 0) is 11.3 Å². The third-order valence-corrected chi connectivity index (χ3v) is 7.61. The molecular formula is C35H36FN5O4. The lowest BCUT2D eigenvalue weighted by molar-refractivity contribution is -0.117. The van der Waals surface area contributed by atoms with Gasteiger partial charge in [-0.05, 0) is 79.2 Å². The van der Waals surface area contributed by atoms with Crippen LogP contribution in [0.5, 0.6) is 5.75 Å². The van der Waals surface area contributed by atoms with Crippen molar-refractivity contribution in [3.8, 4) is 5.75 Å². The molecule has 0 aromatic heterocycles. The highest BCUT2D eigenvalue weighted by Crippen LogP contribution is 2.21. The van der Waals surface area contributed by atoms with Crippen LogP contribution < -0.4 is 20.3 Å². The first-order valence-corrected chi connectivity index (χ1v) is 14.7. The minimum atomic E-state index is -0.379. The summed E-state index contributed by atoms with van der Waals surface area (Å²) in [6.07, 6.45) is 0. The fourth-order valence-electron chi connectivity index (χ4n) is 5.08. The van der Waals surface area contributed by atoms with Gasteiger partial charge in [0.25, 0.3) is 5.91 Å². The van der Waals surface area contributed by atoms with E-state index in [9.17, 15) is 18.8 Å². The van der Waals surface area contributed by atoms with Gasteiger partial charge in [-0.3, -0.25) is 9.59 Å². The second kappa shape index (κ2) is 14.4. The monoisotopic (exact) mass is 609 g/mol. The maximum atomic E-state index is 13.5. The number of nitrogens with one attached hydrogen (secondary N) is 2. The van der Waals surface area contributed by atoms with Gasteiger partial charge in [0.05, 0.1) is 7.11 Å². The molecule has 0 atom stereocenters. The lowest BCUT2D eigenvalue weighted by Gasteiger charge is -2.36. The molecule has 0 radical (unpaired) electrons. The number of carbonyl (C=O) groups is 3. The fraction of sp³-hybridized carbons (Fsp3) is 0.229. The Morgan fingerprint density at radius 2 is 1.47 bits per heavy atom. The van der Waals surface area contributed by atoms with Crippen molar-refractivity contribution in [1.29, 1.82) is 0 Å². The number of ether oxygens (including phenoxy) is 1. The Morgan fingerprint density at radius 1 is 0.822 bits per heavy atom. The molecule has 1 saturated heterocycles. The van der Waals surface area contributed by atoms with Crippen molar-refractivity contribution in [2.45, 2.75) is 13.5 Å². The Morgan fingerprint density at radius 3 is 2.13 bits per heavy atom. The van der Waals surface area contributed by atoms with Gasteiger partial charge in [-0.25, -0.2) is 9.18 Å². The van der Waals surface area contributed by atoms with Crippen LogP contribution in [0.2, 0.25) is 0 Å². The molecule has 4 amide bonds. The first-order chi connectivity index (χ1) is 21.8. The molecule has 0 bridgehead atoms. The Labute approximate surface area is 262 Å². The molecular weight excluding hydrogens is 573 g/mol. The predicted molar refractivity (Wildman–Crippen MR) is 173 cm³/mol. The first kappa shape index (κ1) is 31.1. The fourth-order valence-corrected chi connectivity index (χ4v) is 5.08. The zero-order chi connectivity index (χ0) is 31.8. The molecule has 45 heavy (non-hydrogen) atoms. The lowest BCUT2D eigenvalue weighted by Crippen LogP contribution is -2.50. The summed E-state index contributed by atoms with van der Waals surface area (Å²) in [5.41, 5.74) is 4.55. The highest BCUT2D eigenvalue weighted by atomic mass is 19.1. The Bertz CT molecular complexity index is 1620. The highest BCUT2D eigenvalue weighted by Gasteiger charge is 2.23. The van der Waals surface area contributed by atoms with Gasteiger partial charge in [0, 0.05) is 55.3 Å². The summed E-state index contributed by atoms with van der Waals surface area (Å²) in [5, 5.41) is 5.83. The van der Waals surface area contributed by atoms with Crippen molar-refractivity contribution in [2.24, 2.45) is 0 Å². The third kappa shape index (κ3) is 8.38. The third-order valence-electron chi connectivity index (χ3n) is 7.61. The molecule has 2 N–H and O–H groups in total. The van der Waals surface area contributed by atoms with Crippen LogP contribution in [0.15, 0.2) is 97.1 Å². The summed E-state index contributed by atoms with van der Waals surface area (Å²) in [7, 11) is 1.52. The van der Waals surface area contributed by atoms with Crippen molar-refractivity contribution >= 4 is 34.9 Å². The molecule has 1 aliphatic heterocycles. The maximum Gasteiger partial charge on any atom is 0.321 e. The van der Waals surface area contributed by atoms with Crippen LogP contribution in [0.1, 0.15) is 21.5 Å². The van der Waals surface area contributed by atoms with Crippen molar-refractivity contribution in [1.82, 2.24) is 9.80 Å². The predicted octanol–water partition coefficient (Wildman–Crippen LogP) is 5.78. The van der Waals surface area contributed by atoms with Crippen LogP contribution in [0.4, 0.5) is 26.2 Å². The van der Waals surface area contributed by atoms with Gasteiger partial charge in [-0.2, -0.15) is 0 Å². The van der Waals surface area contributed by atoms with Gasteiger partial charge >= 0.3 is 6.03 Å². The number of anilines is 3. The van der Waals surface area contributed by atoms with E-state index in [4.69, 9.17) is 4.74 Å². The largest absolute Gasteiger partial charge is 0.497 e. The van der Waals surface area contributed by atoms with Crippen molar-refractivity contribution < 1.29 is 23.5 Å². The molecule has 1 aliphatic rings. The number of benzene rings is 4. The lowest BCUT2D eigenvalue weighted by atomic mass is 10.1. The van der Waals surface area contributed by atoms with E-state index in [2.05, 4.69) is 15.5 Å². The average Bonchev–Trinajstić information content (AvgIpc) is 3.06. The van der Waals surface area contributed by atoms with Gasteiger partial charge < -0.3 is 30.1 Å². The molecule has 1 heterocycles. The Balaban J connectivity index is 1.17. The van der Waals surface area contributed by atoms with Gasteiger partial charge in [0.15, 0.2) is 0 Å². The number of piperazine rings is 1. The Hall–Kier alpha value is -5.38. The van der Waals surface area contributed by atoms with Crippen LogP contribution >= 0.6 is 0 Å². The van der Waals surface area contributed by atoms with Crippen LogP contribution in [-0.4, -0.2) is 67.5 Å². The molecule has 4 aromatic rings. The van der Waals surface area contributed by atoms with Crippen LogP contribution in [0.25, 0.3) is 0 Å². The SMILES string of the molecule is COc1cccc(C(=O)N(CC(=O)Nc2ccc(N3CCN(C(=O)Nc4ccc(C)cc4)CC3)cc2)Cc2ccc(F)cc2)c1. The van der Waals surface area contributed by atoms with Gasteiger partial charge in [-0.1, -0.05) is 35.9 Å². The van der Waals surface area contributed by atoms with E-state index < -0.39 is 0 Å². The maximum absolute atomic E-state index is 13.5. The molecule has 5 rings (SSSR count). The molecule has 10 heteroatoms. The van der Waals surface area contributed by atoms with Crippen LogP contribution in [0.3, 0.4) is 0 Å². The minimum absolute atomic E-state index is 0.116. The van der Waals surface area contributed by atoms with Crippen molar-refractivity contribution in [3.63, 3.8) is 0 Å². The molecule has 232 valence electrons. The Kier molecular flexibility index (Phi) is 9.93. The molecule has 0 saturated carbocycles. The summed E-state index contributed by atoms with van der Waals surface area (Å²) in [4.78, 5) is 44.7. The number of methoxy groups -OCH3 is 1. The number of hydrogen-bond donors (Lipinski definition) is 2. The quantitative estimate of drug-likeness (QED) is 0.251. The molecule has 9 nitrogen and oxygen atoms in total. The number of aryl methyl sites for hydroxylation is 1. The normalized spacial score (nSPS) is 12.8. The molecule has 0 unspecified atom stereocenters. The standard InChI is InChI=1S/C35H36FN5O4/c1-25-6-12-30(13-7-25)38-35(44)40-20-18-39(19-21-40)31-16-14-29(15-17-31)37-33(42)24-41(23-26-8-10-28(36)11-9-26)34(43)27-4-3-5-32(22-27)45-2/h3-17,22H,18-21,23-24H2,1-2H3,(H,37,42)(H,38,44). The van der Waals surface area contributed by atoms with E-state index in [0.29, 0.717) is 48.7 Å². The summed E-state index contributed by atoms with van der Waals surface area (Å²) >= 11 is 0. The van der Waals surface area contributed by atoms with E-state index in [1.165, 1.54) is 24.1 Å². The zero-order valence-corrected chi connectivity index (χ0v) is 25.3. The van der Waals surface area contributed by atoms with E-state index in [0.717, 1.165) is 16.9 Å². The topological polar surface area (TPSA) is 94.2 Å². The zero-order valence-electron chi connectivity index (χ0n) is 25.3. The van der Waals surface area contributed by atoms with E-state index >= 15 is 0 Å². The molecule has 1 fully saturated rings. The van der Waals surface area contributed by atoms with Gasteiger partial charge in [-0.15, -0.1) is 0 Å². The number of hydrogen-bond acceptors (Lipinski definition) is 5. The second-order valence-electron chi connectivity index (χ2n) is 10.9. The van der Waals surface area contributed by atoms with Gasteiger partial charge in [0.1, 0.15) is 18.1 Å². The average molecular weight is 610 g/mol. The second-order valence-corrected chi connectivity index (χ2v) is 10.9. The summed E-state index contributed by atoms with van der Waals surface area (Å²) in [5.74, 6) is -0.570. The summed E-state index contributed by atoms with van der Waals surface area (Å²) in [6.45, 7) is 4.45. The minimum Gasteiger partial charge on any atom is -0.497 e. The first-order valence-electron chi connectivity index (χ1n) is 14.7. The van der Waals surface area contributed by atoms with Crippen molar-refractivity contribution in [3.05, 3.63) is 120 Å². The number of carbonyl (C=O) groups excluding carboxylic acids is 3. The number of halogens is 1. The van der Waals surface area contributed by atoms with Gasteiger partial charge in [0.2, 0.25) is 5.91 Å². The van der Waals surface area contributed by atoms with Crippen LogP contribution in [0, 0.1) is 12.7 Å². The number of amides is 4. The summed E-state index contributed by atoms with van der Waals surface area (Å²) < 4.78 is 18.7. The smallest absolute Gasteiger partial charge is 0.321 e. The van der Waals surface area contributed by atoms with Crippen molar-refractivity contribution in [2.75, 3.05) is 55.4 Å².